The molecule has 1 rings (SSSR count). The number of thioether (sulfide) groups is 1. The summed E-state index contributed by atoms with van der Waals surface area (Å²) >= 11 is 4.10. The Morgan fingerprint density at radius 3 is 2.06 bits per heavy atom. The minimum absolute atomic E-state index is 0.0123. The molecule has 0 spiro atoms. The summed E-state index contributed by atoms with van der Waals surface area (Å²) in [5, 5.41) is 18.2. The van der Waals surface area contributed by atoms with Gasteiger partial charge in [0.1, 0.15) is 0 Å². The van der Waals surface area contributed by atoms with Crippen molar-refractivity contribution >= 4 is 39.6 Å². The maximum atomic E-state index is 11.2. The molecule has 0 saturated heterocycles. The highest BCUT2D eigenvalue weighted by Gasteiger charge is 2.46. The lowest BCUT2D eigenvalue weighted by atomic mass is 10.1. The lowest BCUT2D eigenvalue weighted by molar-refractivity contribution is -0.151. The van der Waals surface area contributed by atoms with Crippen LogP contribution in [0.2, 0.25) is 0 Å². The van der Waals surface area contributed by atoms with Crippen LogP contribution in [0.4, 0.5) is 0 Å². The lowest BCUT2D eigenvalue weighted by Crippen LogP contribution is -2.42. The van der Waals surface area contributed by atoms with E-state index in [2.05, 4.69) is 15.9 Å². The van der Waals surface area contributed by atoms with Crippen molar-refractivity contribution < 1.29 is 19.8 Å². The van der Waals surface area contributed by atoms with Crippen LogP contribution < -0.4 is 0 Å². The number of hydrogen-bond donors (Lipinski definition) is 2. The molecule has 1 aromatic carbocycles. The molecule has 0 atom stereocenters. The van der Waals surface area contributed by atoms with E-state index in [1.165, 1.54) is 0 Å². The van der Waals surface area contributed by atoms with Crippen LogP contribution in [0.15, 0.2) is 33.6 Å². The van der Waals surface area contributed by atoms with E-state index in [9.17, 15) is 9.59 Å². The molecule has 92 valence electrons. The molecule has 0 aliphatic carbocycles. The van der Waals surface area contributed by atoms with Crippen LogP contribution in [0.1, 0.15) is 13.3 Å². The van der Waals surface area contributed by atoms with Gasteiger partial charge in [-0.1, -0.05) is 34.6 Å². The van der Waals surface area contributed by atoms with Gasteiger partial charge in [-0.3, -0.25) is 9.59 Å². The van der Waals surface area contributed by atoms with Crippen molar-refractivity contribution in [3.05, 3.63) is 28.7 Å². The third-order valence-electron chi connectivity index (χ3n) is 2.29. The fourth-order valence-electron chi connectivity index (χ4n) is 1.26. The normalized spacial score (nSPS) is 11.2. The summed E-state index contributed by atoms with van der Waals surface area (Å²) in [6.45, 7) is 1.55. The van der Waals surface area contributed by atoms with Gasteiger partial charge in [0, 0.05) is 9.37 Å². The molecule has 0 bridgehead atoms. The Morgan fingerprint density at radius 2 is 1.71 bits per heavy atom. The van der Waals surface area contributed by atoms with Crippen LogP contribution in [0.5, 0.6) is 0 Å². The van der Waals surface area contributed by atoms with Crippen LogP contribution in [-0.2, 0) is 9.59 Å². The number of carboxylic acid groups (broad SMARTS) is 2. The van der Waals surface area contributed by atoms with E-state index in [1.807, 2.05) is 0 Å². The second-order valence-corrected chi connectivity index (χ2v) is 5.63. The van der Waals surface area contributed by atoms with Gasteiger partial charge in [-0.25, -0.2) is 0 Å². The zero-order valence-electron chi connectivity index (χ0n) is 9.01. The molecule has 6 heteroatoms. The zero-order chi connectivity index (χ0) is 13.1. The molecule has 0 amide bonds. The summed E-state index contributed by atoms with van der Waals surface area (Å²) < 4.78 is -0.969. The average molecular weight is 319 g/mol. The van der Waals surface area contributed by atoms with Crippen LogP contribution in [0.25, 0.3) is 0 Å². The van der Waals surface area contributed by atoms with Crippen LogP contribution >= 0.6 is 27.7 Å². The Kier molecular flexibility index (Phi) is 4.59. The Hall–Kier alpha value is -1.01. The molecular formula is C11H11BrO4S. The number of halogens is 1. The van der Waals surface area contributed by atoms with E-state index >= 15 is 0 Å². The van der Waals surface area contributed by atoms with Gasteiger partial charge in [0.05, 0.1) is 0 Å². The highest BCUT2D eigenvalue weighted by atomic mass is 79.9. The SMILES string of the molecule is CCC(Sc1ccc(Br)cc1)(C(=O)O)C(=O)O. The Bertz CT molecular complexity index is 416. The van der Waals surface area contributed by atoms with E-state index in [0.29, 0.717) is 4.90 Å². The van der Waals surface area contributed by atoms with Gasteiger partial charge >= 0.3 is 11.9 Å². The molecule has 2 N–H and O–H groups in total. The minimum Gasteiger partial charge on any atom is -0.480 e. The van der Waals surface area contributed by atoms with Crippen molar-refractivity contribution in [1.29, 1.82) is 0 Å². The molecule has 4 nitrogen and oxygen atoms in total. The highest BCUT2D eigenvalue weighted by molar-refractivity contribution is 9.10. The summed E-state index contributed by atoms with van der Waals surface area (Å²) in [6, 6.07) is 6.86. The quantitative estimate of drug-likeness (QED) is 0.645. The number of benzene rings is 1. The first-order valence-electron chi connectivity index (χ1n) is 4.83. The fourth-order valence-corrected chi connectivity index (χ4v) is 2.52. The predicted molar refractivity (Wildman–Crippen MR) is 68.3 cm³/mol. The Morgan fingerprint density at radius 1 is 1.24 bits per heavy atom. The van der Waals surface area contributed by atoms with Gasteiger partial charge in [-0.2, -0.15) is 0 Å². The number of rotatable bonds is 5. The summed E-state index contributed by atoms with van der Waals surface area (Å²) in [4.78, 5) is 22.9. The third-order valence-corrected chi connectivity index (χ3v) is 4.32. The van der Waals surface area contributed by atoms with Gasteiger partial charge in [-0.15, -0.1) is 0 Å². The zero-order valence-corrected chi connectivity index (χ0v) is 11.4. The van der Waals surface area contributed by atoms with Crippen molar-refractivity contribution in [2.24, 2.45) is 0 Å². The largest absolute Gasteiger partial charge is 0.480 e. The number of carboxylic acids is 2. The molecule has 0 aromatic heterocycles. The summed E-state index contributed by atoms with van der Waals surface area (Å²) in [5.74, 6) is -2.67. The van der Waals surface area contributed by atoms with Gasteiger partial charge in [0.25, 0.3) is 0 Å². The minimum atomic E-state index is -1.83. The van der Waals surface area contributed by atoms with Gasteiger partial charge in [-0.05, 0) is 30.7 Å². The standard InChI is InChI=1S/C11H11BrO4S/c1-2-11(9(13)14,10(15)16)17-8-5-3-7(12)4-6-8/h3-6H,2H2,1H3,(H,13,14)(H,15,16). The average Bonchev–Trinajstić information content (AvgIpc) is 2.27. The van der Waals surface area contributed by atoms with Crippen molar-refractivity contribution in [2.75, 3.05) is 0 Å². The van der Waals surface area contributed by atoms with E-state index in [1.54, 1.807) is 31.2 Å². The molecule has 0 unspecified atom stereocenters. The molecule has 0 saturated carbocycles. The first-order valence-corrected chi connectivity index (χ1v) is 6.44. The van der Waals surface area contributed by atoms with Gasteiger partial charge < -0.3 is 10.2 Å². The fraction of sp³-hybridized carbons (Fsp3) is 0.273. The highest BCUT2D eigenvalue weighted by Crippen LogP contribution is 2.36. The first-order chi connectivity index (χ1) is 7.92. The lowest BCUT2D eigenvalue weighted by Gasteiger charge is -2.22. The Balaban J connectivity index is 3.06. The molecule has 0 aliphatic rings. The number of hydrogen-bond acceptors (Lipinski definition) is 3. The molecular weight excluding hydrogens is 308 g/mol. The second kappa shape index (κ2) is 5.55. The van der Waals surface area contributed by atoms with Crippen LogP contribution in [-0.4, -0.2) is 26.9 Å². The monoisotopic (exact) mass is 318 g/mol. The van der Waals surface area contributed by atoms with E-state index in [4.69, 9.17) is 10.2 Å². The van der Waals surface area contributed by atoms with Gasteiger partial charge in [0.2, 0.25) is 4.75 Å². The van der Waals surface area contributed by atoms with Crippen LogP contribution in [0.3, 0.4) is 0 Å². The molecule has 0 radical (unpaired) electrons. The maximum absolute atomic E-state index is 11.2. The summed E-state index contributed by atoms with van der Waals surface area (Å²) in [7, 11) is 0. The number of carbonyl (C=O) groups is 2. The van der Waals surface area contributed by atoms with Crippen LogP contribution in [0, 0.1) is 0 Å². The first kappa shape index (κ1) is 14.1. The molecule has 1 aromatic rings. The number of aliphatic carboxylic acids is 2. The maximum Gasteiger partial charge on any atom is 0.331 e. The molecule has 0 fully saturated rings. The smallest absolute Gasteiger partial charge is 0.331 e. The predicted octanol–water partition coefficient (Wildman–Crippen LogP) is 2.86. The van der Waals surface area contributed by atoms with E-state index in [-0.39, 0.29) is 6.42 Å². The topological polar surface area (TPSA) is 74.6 Å². The van der Waals surface area contributed by atoms with Gasteiger partial charge in [0.15, 0.2) is 0 Å². The van der Waals surface area contributed by atoms with Crippen molar-refractivity contribution in [1.82, 2.24) is 0 Å². The van der Waals surface area contributed by atoms with E-state index in [0.717, 1.165) is 16.2 Å². The second-order valence-electron chi connectivity index (χ2n) is 3.35. The molecule has 0 aliphatic heterocycles. The van der Waals surface area contributed by atoms with Crippen molar-refractivity contribution in [2.45, 2.75) is 23.0 Å². The third kappa shape index (κ3) is 3.01. The molecule has 17 heavy (non-hydrogen) atoms. The summed E-state index contributed by atoms with van der Waals surface area (Å²) in [5.41, 5.74) is 0. The van der Waals surface area contributed by atoms with Crippen molar-refractivity contribution in [3.63, 3.8) is 0 Å². The Labute approximate surface area is 111 Å². The molecule has 0 heterocycles. The van der Waals surface area contributed by atoms with Crippen molar-refractivity contribution in [3.8, 4) is 0 Å². The van der Waals surface area contributed by atoms with E-state index < -0.39 is 16.7 Å². The summed E-state index contributed by atoms with van der Waals surface area (Å²) in [6.07, 6.45) is 0.0123.